The summed E-state index contributed by atoms with van der Waals surface area (Å²) in [6, 6.07) is -0.810. The van der Waals surface area contributed by atoms with E-state index in [-0.39, 0.29) is 6.61 Å². The van der Waals surface area contributed by atoms with E-state index in [0.717, 1.165) is 18.8 Å². The second-order valence-electron chi connectivity index (χ2n) is 7.10. The van der Waals surface area contributed by atoms with Crippen LogP contribution in [-0.4, -0.2) is 35.4 Å². The van der Waals surface area contributed by atoms with Crippen molar-refractivity contribution < 1.29 is 15.0 Å². The lowest BCUT2D eigenvalue weighted by Gasteiger charge is -2.10. The van der Waals surface area contributed by atoms with Gasteiger partial charge in [-0.3, -0.25) is 4.79 Å². The summed E-state index contributed by atoms with van der Waals surface area (Å²) in [4.78, 5) is 10.7. The largest absolute Gasteiger partial charge is 0.480 e. The molecule has 1 atom stereocenters. The molecule has 0 aromatic carbocycles. The maximum Gasteiger partial charge on any atom is 0.323 e. The molecule has 0 rings (SSSR count). The minimum atomic E-state index is -0.975. The summed E-state index contributed by atoms with van der Waals surface area (Å²) in [5.74, 6) is -0.124. The highest BCUT2D eigenvalue weighted by Crippen LogP contribution is 2.13. The van der Waals surface area contributed by atoms with Gasteiger partial charge in [0.15, 0.2) is 0 Å². The Morgan fingerprint density at radius 2 is 1.26 bits per heavy atom. The molecule has 0 saturated heterocycles. The lowest BCUT2D eigenvalue weighted by molar-refractivity contribution is -0.140. The van der Waals surface area contributed by atoms with E-state index >= 15 is 0 Å². The van der Waals surface area contributed by atoms with Crippen LogP contribution in [0, 0.1) is 5.92 Å². The lowest BCUT2D eigenvalue weighted by atomic mass is 10.0. The Hall–Kier alpha value is -0.610. The van der Waals surface area contributed by atoms with Crippen LogP contribution < -0.4 is 5.32 Å². The van der Waals surface area contributed by atoms with Crippen molar-refractivity contribution in [2.24, 2.45) is 5.92 Å². The van der Waals surface area contributed by atoms with Crippen molar-refractivity contribution in [3.05, 3.63) is 0 Å². The number of carboxylic acids is 1. The normalized spacial score (nSPS) is 12.7. The number of aliphatic hydroxyl groups is 1. The van der Waals surface area contributed by atoms with Gasteiger partial charge in [0.05, 0.1) is 6.61 Å². The van der Waals surface area contributed by atoms with E-state index in [0.29, 0.717) is 6.54 Å². The van der Waals surface area contributed by atoms with Gasteiger partial charge < -0.3 is 15.5 Å². The maximum atomic E-state index is 10.7. The molecule has 4 nitrogen and oxygen atoms in total. The summed E-state index contributed by atoms with van der Waals surface area (Å²) in [6.45, 7) is 4.93. The van der Waals surface area contributed by atoms with E-state index in [1.54, 1.807) is 0 Å². The van der Waals surface area contributed by atoms with Gasteiger partial charge in [-0.1, -0.05) is 84.5 Å². The van der Waals surface area contributed by atoms with Crippen molar-refractivity contribution in [3.63, 3.8) is 0 Å². The fourth-order valence-electron chi connectivity index (χ4n) is 2.77. The molecule has 0 aliphatic carbocycles. The predicted octanol–water partition coefficient (Wildman–Crippen LogP) is 4.36. The standard InChI is InChI=1S/C19H39NO3/c1-17(2)14-12-10-8-6-4-3-5-7-9-11-13-15-20-18(16-21)19(22)23/h17-18,20-21H,3-16H2,1-2H3,(H,22,23)/t18-/m0/s1. The van der Waals surface area contributed by atoms with Crippen molar-refractivity contribution in [1.29, 1.82) is 0 Å². The smallest absolute Gasteiger partial charge is 0.323 e. The van der Waals surface area contributed by atoms with Gasteiger partial charge in [-0.05, 0) is 18.9 Å². The van der Waals surface area contributed by atoms with Crippen LogP contribution in [0.5, 0.6) is 0 Å². The molecule has 0 spiro atoms. The summed E-state index contributed by atoms with van der Waals surface area (Å²) in [7, 11) is 0. The number of rotatable bonds is 17. The summed E-state index contributed by atoms with van der Waals surface area (Å²) >= 11 is 0. The molecule has 0 amide bonds. The van der Waals surface area contributed by atoms with Gasteiger partial charge in [0.1, 0.15) is 6.04 Å². The molecule has 0 bridgehead atoms. The molecule has 0 saturated carbocycles. The molecule has 138 valence electrons. The Morgan fingerprint density at radius 3 is 1.65 bits per heavy atom. The molecule has 0 aliphatic rings. The average molecular weight is 330 g/mol. The molecular weight excluding hydrogens is 290 g/mol. The van der Waals surface area contributed by atoms with E-state index in [9.17, 15) is 4.79 Å². The Kier molecular flexibility index (Phi) is 15.8. The fourth-order valence-corrected chi connectivity index (χ4v) is 2.77. The second-order valence-corrected chi connectivity index (χ2v) is 7.10. The van der Waals surface area contributed by atoms with E-state index in [1.165, 1.54) is 64.2 Å². The van der Waals surface area contributed by atoms with Crippen LogP contribution in [0.1, 0.15) is 90.9 Å². The second kappa shape index (κ2) is 16.3. The van der Waals surface area contributed by atoms with Gasteiger partial charge in [0, 0.05) is 0 Å². The molecular formula is C19H39NO3. The van der Waals surface area contributed by atoms with Gasteiger partial charge in [-0.25, -0.2) is 0 Å². The van der Waals surface area contributed by atoms with Gasteiger partial charge >= 0.3 is 5.97 Å². The van der Waals surface area contributed by atoms with Crippen LogP contribution in [0.25, 0.3) is 0 Å². The molecule has 3 N–H and O–H groups in total. The quantitative estimate of drug-likeness (QED) is 0.347. The topological polar surface area (TPSA) is 69.6 Å². The average Bonchev–Trinajstić information content (AvgIpc) is 2.50. The number of unbranched alkanes of at least 4 members (excludes halogenated alkanes) is 10. The van der Waals surface area contributed by atoms with E-state index in [2.05, 4.69) is 19.2 Å². The highest BCUT2D eigenvalue weighted by Gasteiger charge is 2.13. The molecule has 0 aromatic heterocycles. The number of hydrogen-bond donors (Lipinski definition) is 3. The van der Waals surface area contributed by atoms with Crippen molar-refractivity contribution in [1.82, 2.24) is 5.32 Å². The number of aliphatic carboxylic acids is 1. The van der Waals surface area contributed by atoms with Crippen LogP contribution in [-0.2, 0) is 4.79 Å². The zero-order valence-corrected chi connectivity index (χ0v) is 15.4. The molecule has 0 heterocycles. The fraction of sp³-hybridized carbons (Fsp3) is 0.947. The van der Waals surface area contributed by atoms with Crippen LogP contribution in [0.4, 0.5) is 0 Å². The first-order chi connectivity index (χ1) is 11.1. The first-order valence-corrected chi connectivity index (χ1v) is 9.65. The Balaban J connectivity index is 3.15. The Bertz CT molecular complexity index is 269. The zero-order chi connectivity index (χ0) is 17.3. The monoisotopic (exact) mass is 329 g/mol. The van der Waals surface area contributed by atoms with Crippen LogP contribution >= 0.6 is 0 Å². The Labute approximate surface area is 143 Å². The molecule has 0 aliphatic heterocycles. The molecule has 0 unspecified atom stereocenters. The first-order valence-electron chi connectivity index (χ1n) is 9.65. The maximum absolute atomic E-state index is 10.7. The van der Waals surface area contributed by atoms with Crippen LogP contribution in [0.15, 0.2) is 0 Å². The van der Waals surface area contributed by atoms with Crippen LogP contribution in [0.2, 0.25) is 0 Å². The third kappa shape index (κ3) is 16.0. The highest BCUT2D eigenvalue weighted by atomic mass is 16.4. The van der Waals surface area contributed by atoms with E-state index in [4.69, 9.17) is 10.2 Å². The Morgan fingerprint density at radius 1 is 0.826 bits per heavy atom. The summed E-state index contributed by atoms with van der Waals surface area (Å²) in [6.07, 6.45) is 15.7. The molecule has 0 radical (unpaired) electrons. The summed E-state index contributed by atoms with van der Waals surface area (Å²) in [5.41, 5.74) is 0. The SMILES string of the molecule is CC(C)CCCCCCCCCCCCCN[C@@H](CO)C(=O)O. The van der Waals surface area contributed by atoms with Crippen LogP contribution in [0.3, 0.4) is 0 Å². The van der Waals surface area contributed by atoms with Crippen molar-refractivity contribution in [2.45, 2.75) is 96.9 Å². The summed E-state index contributed by atoms with van der Waals surface area (Å²) in [5, 5.41) is 20.5. The summed E-state index contributed by atoms with van der Waals surface area (Å²) < 4.78 is 0. The zero-order valence-electron chi connectivity index (χ0n) is 15.4. The highest BCUT2D eigenvalue weighted by molar-refractivity contribution is 5.73. The van der Waals surface area contributed by atoms with Gasteiger partial charge in [-0.2, -0.15) is 0 Å². The number of nitrogens with one attached hydrogen (secondary N) is 1. The van der Waals surface area contributed by atoms with Crippen molar-refractivity contribution in [2.75, 3.05) is 13.2 Å². The molecule has 4 heteroatoms. The third-order valence-corrected chi connectivity index (χ3v) is 4.33. The molecule has 0 aromatic rings. The minimum absolute atomic E-state index is 0.340. The number of carbonyl (C=O) groups is 1. The number of aliphatic hydroxyl groups excluding tert-OH is 1. The predicted molar refractivity (Wildman–Crippen MR) is 96.8 cm³/mol. The minimum Gasteiger partial charge on any atom is -0.480 e. The number of hydrogen-bond acceptors (Lipinski definition) is 3. The van der Waals surface area contributed by atoms with E-state index in [1.807, 2.05) is 0 Å². The van der Waals surface area contributed by atoms with Crippen molar-refractivity contribution in [3.8, 4) is 0 Å². The first kappa shape index (κ1) is 22.4. The van der Waals surface area contributed by atoms with Crippen molar-refractivity contribution >= 4 is 5.97 Å². The lowest BCUT2D eigenvalue weighted by Crippen LogP contribution is -2.40. The van der Waals surface area contributed by atoms with Gasteiger partial charge in [0.2, 0.25) is 0 Å². The molecule has 23 heavy (non-hydrogen) atoms. The van der Waals surface area contributed by atoms with Gasteiger partial charge in [-0.15, -0.1) is 0 Å². The molecule has 0 fully saturated rings. The van der Waals surface area contributed by atoms with Gasteiger partial charge in [0.25, 0.3) is 0 Å². The number of carboxylic acid groups (broad SMARTS) is 1. The van der Waals surface area contributed by atoms with E-state index < -0.39 is 12.0 Å². The third-order valence-electron chi connectivity index (χ3n) is 4.33.